The van der Waals surface area contributed by atoms with Crippen molar-refractivity contribution in [1.29, 1.82) is 0 Å². The average Bonchev–Trinajstić information content (AvgIpc) is 2.45. The summed E-state index contributed by atoms with van der Waals surface area (Å²) in [6.07, 6.45) is -2.76. The number of amides is 1. The number of carbonyl (C=O) groups excluding carboxylic acids is 1. The molecule has 1 amide bonds. The quantitative estimate of drug-likeness (QED) is 0.708. The summed E-state index contributed by atoms with van der Waals surface area (Å²) < 4.78 is 50.3. The lowest BCUT2D eigenvalue weighted by Gasteiger charge is -2.21. The summed E-state index contributed by atoms with van der Waals surface area (Å²) >= 11 is 0. The number of halogens is 2. The molecule has 0 aliphatic carbocycles. The first kappa shape index (κ1) is 17.5. The molecule has 2 N–H and O–H groups in total. The van der Waals surface area contributed by atoms with Crippen molar-refractivity contribution in [2.75, 3.05) is 26.2 Å². The third-order valence-electron chi connectivity index (χ3n) is 2.55. The Kier molecular flexibility index (Phi) is 6.66. The number of aliphatic hydroxyl groups excluding tert-OH is 1. The maximum Gasteiger partial charge on any atom is 0.255 e. The minimum absolute atomic E-state index is 0.0274. The molecule has 0 heterocycles. The molecule has 1 aromatic carbocycles. The lowest BCUT2D eigenvalue weighted by atomic mass is 10.4. The number of sulfonamides is 1. The van der Waals surface area contributed by atoms with E-state index >= 15 is 0 Å². The van der Waals surface area contributed by atoms with Crippen LogP contribution in [0, 0.1) is 0 Å². The van der Waals surface area contributed by atoms with Crippen molar-refractivity contribution in [2.24, 2.45) is 0 Å². The highest BCUT2D eigenvalue weighted by Crippen LogP contribution is 2.07. The number of benzene rings is 1. The monoisotopic (exact) mass is 322 g/mol. The molecule has 9 heteroatoms. The number of rotatable bonds is 8. The Labute approximate surface area is 121 Å². The average molecular weight is 322 g/mol. The first-order valence-electron chi connectivity index (χ1n) is 6.08. The van der Waals surface area contributed by atoms with Gasteiger partial charge in [-0.2, -0.15) is 0 Å². The number of aliphatic hydroxyl groups is 1. The van der Waals surface area contributed by atoms with Crippen molar-refractivity contribution in [3.63, 3.8) is 0 Å². The SMILES string of the molecule is O=C(CNS(=O)(=O)c1ccccc1)N(CCO)CC(F)F. The van der Waals surface area contributed by atoms with Crippen LogP contribution in [0.1, 0.15) is 0 Å². The molecular formula is C12H16F2N2O4S. The molecule has 0 spiro atoms. The van der Waals surface area contributed by atoms with E-state index in [1.54, 1.807) is 6.07 Å². The Bertz CT molecular complexity index is 552. The van der Waals surface area contributed by atoms with E-state index in [2.05, 4.69) is 0 Å². The zero-order chi connectivity index (χ0) is 15.9. The molecule has 118 valence electrons. The Hall–Kier alpha value is -1.58. The van der Waals surface area contributed by atoms with Crippen LogP contribution in [-0.2, 0) is 14.8 Å². The van der Waals surface area contributed by atoms with Crippen molar-refractivity contribution in [2.45, 2.75) is 11.3 Å². The zero-order valence-electron chi connectivity index (χ0n) is 11.1. The molecular weight excluding hydrogens is 306 g/mol. The Balaban J connectivity index is 2.66. The van der Waals surface area contributed by atoms with Gasteiger partial charge in [-0.3, -0.25) is 4.79 Å². The summed E-state index contributed by atoms with van der Waals surface area (Å²) in [7, 11) is -3.88. The second kappa shape index (κ2) is 8.01. The van der Waals surface area contributed by atoms with Crippen molar-refractivity contribution in [1.82, 2.24) is 9.62 Å². The number of nitrogens with one attached hydrogen (secondary N) is 1. The van der Waals surface area contributed by atoms with E-state index in [1.165, 1.54) is 24.3 Å². The molecule has 0 saturated heterocycles. The van der Waals surface area contributed by atoms with Gasteiger partial charge in [0.15, 0.2) is 0 Å². The smallest absolute Gasteiger partial charge is 0.255 e. The zero-order valence-corrected chi connectivity index (χ0v) is 11.9. The van der Waals surface area contributed by atoms with Crippen LogP contribution in [0.4, 0.5) is 8.78 Å². The van der Waals surface area contributed by atoms with Gasteiger partial charge in [0, 0.05) is 6.54 Å². The van der Waals surface area contributed by atoms with Crippen LogP contribution in [0.3, 0.4) is 0 Å². The maximum absolute atomic E-state index is 12.3. The molecule has 0 aliphatic rings. The van der Waals surface area contributed by atoms with Crippen LogP contribution in [0.5, 0.6) is 0 Å². The van der Waals surface area contributed by atoms with Crippen LogP contribution in [0.15, 0.2) is 35.2 Å². The van der Waals surface area contributed by atoms with Gasteiger partial charge in [0.2, 0.25) is 15.9 Å². The molecule has 0 aromatic heterocycles. The summed E-state index contributed by atoms with van der Waals surface area (Å²) in [5, 5.41) is 8.73. The Morgan fingerprint density at radius 2 is 1.90 bits per heavy atom. The molecule has 0 bridgehead atoms. The number of hydrogen-bond donors (Lipinski definition) is 2. The van der Waals surface area contributed by atoms with Gasteiger partial charge >= 0.3 is 0 Å². The van der Waals surface area contributed by atoms with Gasteiger partial charge in [-0.1, -0.05) is 18.2 Å². The number of alkyl halides is 2. The Morgan fingerprint density at radius 1 is 1.29 bits per heavy atom. The predicted octanol–water partition coefficient (Wildman–Crippen LogP) is 0.0509. The highest BCUT2D eigenvalue weighted by atomic mass is 32.2. The molecule has 0 saturated carbocycles. The first-order valence-corrected chi connectivity index (χ1v) is 7.56. The highest BCUT2D eigenvalue weighted by Gasteiger charge is 2.20. The van der Waals surface area contributed by atoms with E-state index < -0.39 is 42.1 Å². The van der Waals surface area contributed by atoms with Crippen molar-refractivity contribution in [3.8, 4) is 0 Å². The van der Waals surface area contributed by atoms with Crippen LogP contribution < -0.4 is 4.72 Å². The van der Waals surface area contributed by atoms with E-state index in [9.17, 15) is 22.0 Å². The topological polar surface area (TPSA) is 86.7 Å². The molecule has 6 nitrogen and oxygen atoms in total. The van der Waals surface area contributed by atoms with Gasteiger partial charge in [-0.15, -0.1) is 0 Å². The number of nitrogens with zero attached hydrogens (tertiary/aromatic N) is 1. The second-order valence-corrected chi connectivity index (χ2v) is 5.86. The van der Waals surface area contributed by atoms with Gasteiger partial charge < -0.3 is 10.0 Å². The largest absolute Gasteiger partial charge is 0.395 e. The third-order valence-corrected chi connectivity index (χ3v) is 3.97. The van der Waals surface area contributed by atoms with Gasteiger partial charge in [-0.25, -0.2) is 21.9 Å². The van der Waals surface area contributed by atoms with Crippen LogP contribution >= 0.6 is 0 Å². The van der Waals surface area contributed by atoms with E-state index in [0.29, 0.717) is 4.90 Å². The van der Waals surface area contributed by atoms with Gasteiger partial charge in [0.1, 0.15) is 0 Å². The molecule has 1 aromatic rings. The first-order chi connectivity index (χ1) is 9.86. The van der Waals surface area contributed by atoms with Gasteiger partial charge in [0.25, 0.3) is 6.43 Å². The summed E-state index contributed by atoms with van der Waals surface area (Å²) in [4.78, 5) is 12.4. The summed E-state index contributed by atoms with van der Waals surface area (Å²) in [5.41, 5.74) is 0. The van der Waals surface area contributed by atoms with Gasteiger partial charge in [-0.05, 0) is 12.1 Å². The predicted molar refractivity (Wildman–Crippen MR) is 71.3 cm³/mol. The molecule has 0 atom stereocenters. The standard InChI is InChI=1S/C12H16F2N2O4S/c13-11(14)9-16(6-7-17)12(18)8-15-21(19,20)10-4-2-1-3-5-10/h1-5,11,15,17H,6-9H2. The number of hydrogen-bond acceptors (Lipinski definition) is 4. The fourth-order valence-electron chi connectivity index (χ4n) is 1.56. The molecule has 0 fully saturated rings. The molecule has 21 heavy (non-hydrogen) atoms. The van der Waals surface area contributed by atoms with E-state index in [1.807, 2.05) is 4.72 Å². The van der Waals surface area contributed by atoms with Gasteiger partial charge in [0.05, 0.1) is 24.6 Å². The molecule has 1 rings (SSSR count). The minimum atomic E-state index is -3.88. The van der Waals surface area contributed by atoms with E-state index in [-0.39, 0.29) is 11.4 Å². The summed E-state index contributed by atoms with van der Waals surface area (Å²) in [6.45, 7) is -2.27. The number of carbonyl (C=O) groups is 1. The van der Waals surface area contributed by atoms with Crippen LogP contribution in [0.2, 0.25) is 0 Å². The van der Waals surface area contributed by atoms with Crippen molar-refractivity contribution >= 4 is 15.9 Å². The van der Waals surface area contributed by atoms with Crippen LogP contribution in [0.25, 0.3) is 0 Å². The minimum Gasteiger partial charge on any atom is -0.395 e. The Morgan fingerprint density at radius 3 is 2.43 bits per heavy atom. The van der Waals surface area contributed by atoms with E-state index in [4.69, 9.17) is 5.11 Å². The third kappa shape index (κ3) is 5.74. The summed E-state index contributed by atoms with van der Waals surface area (Å²) in [6, 6.07) is 7.36. The fraction of sp³-hybridized carbons (Fsp3) is 0.417. The fourth-order valence-corrected chi connectivity index (χ4v) is 2.55. The molecule has 0 unspecified atom stereocenters. The maximum atomic E-state index is 12.3. The second-order valence-electron chi connectivity index (χ2n) is 4.09. The summed E-state index contributed by atoms with van der Waals surface area (Å²) in [5.74, 6) is -0.830. The lowest BCUT2D eigenvalue weighted by molar-refractivity contribution is -0.132. The van der Waals surface area contributed by atoms with Crippen molar-refractivity contribution in [3.05, 3.63) is 30.3 Å². The van der Waals surface area contributed by atoms with Crippen molar-refractivity contribution < 1.29 is 27.1 Å². The molecule has 0 aliphatic heterocycles. The molecule has 0 radical (unpaired) electrons. The highest BCUT2D eigenvalue weighted by molar-refractivity contribution is 7.89. The normalized spacial score (nSPS) is 11.6. The van der Waals surface area contributed by atoms with Crippen LogP contribution in [-0.4, -0.2) is 57.0 Å². The van der Waals surface area contributed by atoms with E-state index in [0.717, 1.165) is 0 Å². The lowest BCUT2D eigenvalue weighted by Crippen LogP contribution is -2.43.